The third-order valence-corrected chi connectivity index (χ3v) is 5.50. The molecule has 1 N–H and O–H groups in total. The van der Waals surface area contributed by atoms with E-state index in [9.17, 15) is 0 Å². The molecular weight excluding hydrogens is 243 g/mol. The first-order valence-corrected chi connectivity index (χ1v) is 7.70. The topological polar surface area (TPSA) is 17.0 Å². The second-order valence-corrected chi connectivity index (χ2v) is 6.87. The second-order valence-electron chi connectivity index (χ2n) is 6.87. The van der Waals surface area contributed by atoms with Crippen LogP contribution in [0.4, 0.5) is 0 Å². The van der Waals surface area contributed by atoms with Crippen LogP contribution in [0.15, 0.2) is 18.2 Å². The molecule has 1 aliphatic rings. The molecule has 3 heteroatoms. The SMILES string of the molecule is Bc1cccc2c3c(n(C)c12)CCC(C(C)(C)NC)C3. The molecule has 1 unspecified atom stereocenters. The molecule has 0 amide bonds. The molecule has 0 spiro atoms. The maximum absolute atomic E-state index is 3.50. The van der Waals surface area contributed by atoms with Crippen molar-refractivity contribution in [1.82, 2.24) is 9.88 Å². The molecule has 2 aromatic rings. The predicted octanol–water partition coefficient (Wildman–Crippen LogP) is 1.54. The molecule has 1 aromatic carbocycles. The fourth-order valence-corrected chi connectivity index (χ4v) is 3.87. The maximum atomic E-state index is 3.50. The van der Waals surface area contributed by atoms with E-state index in [0.29, 0.717) is 5.92 Å². The molecule has 0 saturated carbocycles. The van der Waals surface area contributed by atoms with Crippen molar-refractivity contribution in [3.8, 4) is 0 Å². The molecule has 0 fully saturated rings. The maximum Gasteiger partial charge on any atom is 0.142 e. The Morgan fingerprint density at radius 1 is 1.35 bits per heavy atom. The fraction of sp³-hybridized carbons (Fsp3) is 0.529. The minimum atomic E-state index is 0.212. The summed E-state index contributed by atoms with van der Waals surface area (Å²) in [5.74, 6) is 0.714. The Labute approximate surface area is 123 Å². The Hall–Kier alpha value is -1.22. The zero-order valence-corrected chi connectivity index (χ0v) is 13.4. The normalized spacial score (nSPS) is 19.3. The van der Waals surface area contributed by atoms with E-state index in [0.717, 1.165) is 0 Å². The van der Waals surface area contributed by atoms with Gasteiger partial charge in [-0.1, -0.05) is 23.7 Å². The molecule has 1 atom stereocenters. The average molecular weight is 268 g/mol. The van der Waals surface area contributed by atoms with Crippen molar-refractivity contribution in [3.05, 3.63) is 29.5 Å². The number of hydrogen-bond donors (Lipinski definition) is 1. The monoisotopic (exact) mass is 268 g/mol. The average Bonchev–Trinajstić information content (AvgIpc) is 2.73. The molecule has 1 heterocycles. The minimum absolute atomic E-state index is 0.212. The minimum Gasteiger partial charge on any atom is -0.348 e. The number of aromatic nitrogens is 1. The first kappa shape index (κ1) is 13.8. The molecule has 3 rings (SSSR count). The van der Waals surface area contributed by atoms with Gasteiger partial charge in [0.25, 0.3) is 0 Å². The summed E-state index contributed by atoms with van der Waals surface area (Å²) >= 11 is 0. The van der Waals surface area contributed by atoms with E-state index in [1.807, 2.05) is 0 Å². The highest BCUT2D eigenvalue weighted by atomic mass is 15.0. The number of aryl methyl sites for hydroxylation is 1. The van der Waals surface area contributed by atoms with Crippen molar-refractivity contribution in [1.29, 1.82) is 0 Å². The smallest absolute Gasteiger partial charge is 0.142 e. The Kier molecular flexibility index (Phi) is 3.21. The summed E-state index contributed by atoms with van der Waals surface area (Å²) in [7, 11) is 6.54. The van der Waals surface area contributed by atoms with Gasteiger partial charge in [-0.15, -0.1) is 0 Å². The van der Waals surface area contributed by atoms with E-state index in [4.69, 9.17) is 0 Å². The van der Waals surface area contributed by atoms with Gasteiger partial charge < -0.3 is 9.88 Å². The lowest BCUT2D eigenvalue weighted by atomic mass is 9.75. The van der Waals surface area contributed by atoms with E-state index < -0.39 is 0 Å². The van der Waals surface area contributed by atoms with Gasteiger partial charge in [0.1, 0.15) is 7.85 Å². The second kappa shape index (κ2) is 4.66. The zero-order valence-electron chi connectivity index (χ0n) is 13.4. The van der Waals surface area contributed by atoms with Crippen molar-refractivity contribution in [2.45, 2.75) is 38.6 Å². The summed E-state index contributed by atoms with van der Waals surface area (Å²) in [6, 6.07) is 6.73. The highest BCUT2D eigenvalue weighted by Crippen LogP contribution is 2.36. The molecule has 0 saturated heterocycles. The van der Waals surface area contributed by atoms with Crippen molar-refractivity contribution in [2.75, 3.05) is 7.05 Å². The van der Waals surface area contributed by atoms with Crippen LogP contribution in [0.2, 0.25) is 0 Å². The molecule has 0 aliphatic heterocycles. The van der Waals surface area contributed by atoms with Crippen LogP contribution >= 0.6 is 0 Å². The first-order valence-electron chi connectivity index (χ1n) is 7.70. The number of benzene rings is 1. The van der Waals surface area contributed by atoms with Crippen LogP contribution in [-0.4, -0.2) is 25.0 Å². The number of fused-ring (bicyclic) bond motifs is 3. The number of hydrogen-bond acceptors (Lipinski definition) is 1. The van der Waals surface area contributed by atoms with E-state index in [1.165, 1.54) is 35.6 Å². The van der Waals surface area contributed by atoms with Crippen LogP contribution in [0.1, 0.15) is 31.5 Å². The first-order chi connectivity index (χ1) is 9.45. The summed E-state index contributed by atoms with van der Waals surface area (Å²) in [4.78, 5) is 0. The van der Waals surface area contributed by atoms with E-state index in [-0.39, 0.29) is 5.54 Å². The van der Waals surface area contributed by atoms with Crippen molar-refractivity contribution in [3.63, 3.8) is 0 Å². The number of rotatable bonds is 2. The number of nitrogens with zero attached hydrogens (tertiary/aromatic N) is 1. The molecule has 0 bridgehead atoms. The van der Waals surface area contributed by atoms with Gasteiger partial charge >= 0.3 is 0 Å². The van der Waals surface area contributed by atoms with Crippen LogP contribution in [0.5, 0.6) is 0 Å². The van der Waals surface area contributed by atoms with E-state index in [1.54, 1.807) is 11.3 Å². The van der Waals surface area contributed by atoms with E-state index >= 15 is 0 Å². The summed E-state index contributed by atoms with van der Waals surface area (Å²) < 4.78 is 2.43. The van der Waals surface area contributed by atoms with Gasteiger partial charge in [-0.3, -0.25) is 0 Å². The third kappa shape index (κ3) is 1.91. The van der Waals surface area contributed by atoms with Crippen LogP contribution in [0.3, 0.4) is 0 Å². The van der Waals surface area contributed by atoms with Crippen LogP contribution < -0.4 is 10.8 Å². The molecular formula is C17H25BN2. The van der Waals surface area contributed by atoms with E-state index in [2.05, 4.69) is 63.9 Å². The lowest BCUT2D eigenvalue weighted by Gasteiger charge is -2.37. The Morgan fingerprint density at radius 3 is 2.80 bits per heavy atom. The van der Waals surface area contributed by atoms with Crippen molar-refractivity contribution in [2.24, 2.45) is 13.0 Å². The molecule has 1 aliphatic carbocycles. The van der Waals surface area contributed by atoms with Gasteiger partial charge in [-0.2, -0.15) is 0 Å². The Balaban J connectivity index is 2.12. The number of para-hydroxylation sites is 1. The van der Waals surface area contributed by atoms with Gasteiger partial charge in [0.05, 0.1) is 0 Å². The van der Waals surface area contributed by atoms with Gasteiger partial charge in [0.15, 0.2) is 0 Å². The molecule has 20 heavy (non-hydrogen) atoms. The molecule has 106 valence electrons. The van der Waals surface area contributed by atoms with Crippen molar-refractivity contribution >= 4 is 24.2 Å². The van der Waals surface area contributed by atoms with Gasteiger partial charge in [0.2, 0.25) is 0 Å². The lowest BCUT2D eigenvalue weighted by molar-refractivity contribution is 0.243. The molecule has 2 nitrogen and oxygen atoms in total. The summed E-state index contributed by atoms with van der Waals surface area (Å²) in [5, 5.41) is 4.97. The highest BCUT2D eigenvalue weighted by Gasteiger charge is 2.33. The van der Waals surface area contributed by atoms with Gasteiger partial charge in [-0.05, 0) is 51.6 Å². The fourth-order valence-electron chi connectivity index (χ4n) is 3.87. The summed E-state index contributed by atoms with van der Waals surface area (Å²) in [5.41, 5.74) is 6.18. The van der Waals surface area contributed by atoms with Gasteiger partial charge in [-0.25, -0.2) is 0 Å². The zero-order chi connectivity index (χ0) is 14.5. The summed E-state index contributed by atoms with van der Waals surface area (Å²) in [6.45, 7) is 4.66. The predicted molar refractivity (Wildman–Crippen MR) is 89.8 cm³/mol. The Bertz CT molecular complexity index is 655. The van der Waals surface area contributed by atoms with Crippen LogP contribution in [-0.2, 0) is 19.9 Å². The third-order valence-electron chi connectivity index (χ3n) is 5.50. The van der Waals surface area contributed by atoms with Gasteiger partial charge in [0, 0.05) is 29.2 Å². The highest BCUT2D eigenvalue weighted by molar-refractivity contribution is 6.38. The number of nitrogens with one attached hydrogen (secondary N) is 1. The quantitative estimate of drug-likeness (QED) is 0.818. The Morgan fingerprint density at radius 2 is 2.10 bits per heavy atom. The summed E-state index contributed by atoms with van der Waals surface area (Å²) in [6.07, 6.45) is 3.68. The molecule has 1 aromatic heterocycles. The molecule has 0 radical (unpaired) electrons. The lowest BCUT2D eigenvalue weighted by Crippen LogP contribution is -2.46. The van der Waals surface area contributed by atoms with Crippen molar-refractivity contribution < 1.29 is 0 Å². The van der Waals surface area contributed by atoms with Crippen LogP contribution in [0.25, 0.3) is 10.9 Å². The largest absolute Gasteiger partial charge is 0.348 e. The standard InChI is InChI=1S/C17H25BN2/c1-17(2,19-3)11-8-9-15-13(10-11)12-6-5-7-14(18)16(12)20(15)4/h5-7,11,19H,8-10,18H2,1-4H3. The van der Waals surface area contributed by atoms with Crippen LogP contribution in [0, 0.1) is 5.92 Å².